The van der Waals surface area contributed by atoms with Crippen molar-refractivity contribution in [2.45, 2.75) is 31.2 Å². The second kappa shape index (κ2) is 7.66. The number of benzene rings is 2. The highest BCUT2D eigenvalue weighted by atomic mass is 35.5. The molecule has 1 saturated carbocycles. The minimum absolute atomic E-state index is 0. The van der Waals surface area contributed by atoms with Gasteiger partial charge in [0.05, 0.1) is 12.1 Å². The molecule has 124 valence electrons. The van der Waals surface area contributed by atoms with E-state index < -0.39 is 5.54 Å². The molecule has 2 aromatic rings. The van der Waals surface area contributed by atoms with Gasteiger partial charge in [-0.1, -0.05) is 43.2 Å². The van der Waals surface area contributed by atoms with Crippen molar-refractivity contribution in [2.75, 3.05) is 13.2 Å². The van der Waals surface area contributed by atoms with E-state index in [1.165, 1.54) is 5.39 Å². The number of fused-ring (bicyclic) bond motifs is 1. The van der Waals surface area contributed by atoms with Crippen LogP contribution in [0.3, 0.4) is 0 Å². The summed E-state index contributed by atoms with van der Waals surface area (Å²) in [5.74, 6) is 0.767. The molecule has 23 heavy (non-hydrogen) atoms. The monoisotopic (exact) mass is 334 g/mol. The fourth-order valence-electron chi connectivity index (χ4n) is 3.00. The smallest absolute Gasteiger partial charge is 0.240 e. The number of carbonyl (C=O) groups excluding carboxylic acids is 1. The Morgan fingerprint density at radius 3 is 2.57 bits per heavy atom. The highest BCUT2D eigenvalue weighted by Gasteiger charge is 2.36. The number of nitrogens with two attached hydrogens (primary N) is 1. The highest BCUT2D eigenvalue weighted by Crippen LogP contribution is 2.27. The summed E-state index contributed by atoms with van der Waals surface area (Å²) in [4.78, 5) is 12.1. The molecule has 0 aliphatic heterocycles. The maximum absolute atomic E-state index is 12.1. The second-order valence-corrected chi connectivity index (χ2v) is 5.98. The van der Waals surface area contributed by atoms with E-state index >= 15 is 0 Å². The Balaban J connectivity index is 0.00000192. The van der Waals surface area contributed by atoms with Crippen molar-refractivity contribution >= 4 is 29.1 Å². The van der Waals surface area contributed by atoms with Crippen molar-refractivity contribution in [1.82, 2.24) is 5.32 Å². The zero-order valence-corrected chi connectivity index (χ0v) is 13.9. The number of ether oxygens (including phenoxy) is 1. The molecule has 0 spiro atoms. The molecular formula is C18H23ClN2O2. The lowest BCUT2D eigenvalue weighted by molar-refractivity contribution is -0.126. The average Bonchev–Trinajstić information content (AvgIpc) is 2.99. The van der Waals surface area contributed by atoms with Gasteiger partial charge in [0.15, 0.2) is 0 Å². The first kappa shape index (κ1) is 17.6. The van der Waals surface area contributed by atoms with E-state index in [-0.39, 0.29) is 18.3 Å². The van der Waals surface area contributed by atoms with Gasteiger partial charge in [-0.2, -0.15) is 0 Å². The van der Waals surface area contributed by atoms with Crippen molar-refractivity contribution in [3.8, 4) is 5.75 Å². The number of rotatable bonds is 5. The van der Waals surface area contributed by atoms with Gasteiger partial charge in [-0.25, -0.2) is 0 Å². The van der Waals surface area contributed by atoms with Gasteiger partial charge >= 0.3 is 0 Å². The van der Waals surface area contributed by atoms with Gasteiger partial charge in [-0.15, -0.1) is 12.4 Å². The van der Waals surface area contributed by atoms with E-state index in [1.807, 2.05) is 30.3 Å². The number of amides is 1. The Labute approximate surface area is 142 Å². The number of hydrogen-bond donors (Lipinski definition) is 2. The molecule has 0 heterocycles. The minimum atomic E-state index is -0.664. The highest BCUT2D eigenvalue weighted by molar-refractivity contribution is 5.86. The van der Waals surface area contributed by atoms with Crippen LogP contribution in [0.1, 0.15) is 25.7 Å². The minimum Gasteiger partial charge on any atom is -0.492 e. The normalized spacial score (nSPS) is 15.9. The third-order valence-electron chi connectivity index (χ3n) is 4.33. The van der Waals surface area contributed by atoms with Crippen molar-refractivity contribution in [3.05, 3.63) is 42.5 Å². The van der Waals surface area contributed by atoms with Crippen LogP contribution in [0.25, 0.3) is 10.8 Å². The summed E-state index contributed by atoms with van der Waals surface area (Å²) in [5, 5.41) is 5.22. The first-order valence-corrected chi connectivity index (χ1v) is 7.86. The van der Waals surface area contributed by atoms with Crippen LogP contribution in [-0.2, 0) is 4.79 Å². The van der Waals surface area contributed by atoms with Crippen molar-refractivity contribution in [3.63, 3.8) is 0 Å². The first-order valence-electron chi connectivity index (χ1n) is 7.86. The first-order chi connectivity index (χ1) is 10.7. The molecule has 3 N–H and O–H groups in total. The molecule has 0 bridgehead atoms. The molecule has 4 nitrogen and oxygen atoms in total. The summed E-state index contributed by atoms with van der Waals surface area (Å²) in [6.07, 6.45) is 3.64. The van der Waals surface area contributed by atoms with E-state index in [4.69, 9.17) is 10.5 Å². The van der Waals surface area contributed by atoms with Crippen LogP contribution < -0.4 is 15.8 Å². The van der Waals surface area contributed by atoms with Crippen LogP contribution in [0.4, 0.5) is 0 Å². The van der Waals surface area contributed by atoms with Crippen molar-refractivity contribution in [1.29, 1.82) is 0 Å². The summed E-state index contributed by atoms with van der Waals surface area (Å²) in [6.45, 7) is 0.921. The van der Waals surface area contributed by atoms with Gasteiger partial charge in [0.25, 0.3) is 0 Å². The number of nitrogens with one attached hydrogen (secondary N) is 1. The van der Waals surface area contributed by atoms with Crippen LogP contribution in [0.5, 0.6) is 5.75 Å². The summed E-state index contributed by atoms with van der Waals surface area (Å²) in [7, 11) is 0. The lowest BCUT2D eigenvalue weighted by atomic mass is 9.98. The third-order valence-corrected chi connectivity index (χ3v) is 4.33. The Morgan fingerprint density at radius 2 is 1.83 bits per heavy atom. The molecule has 0 unspecified atom stereocenters. The van der Waals surface area contributed by atoms with E-state index in [1.54, 1.807) is 0 Å². The number of carbonyl (C=O) groups is 1. The fraction of sp³-hybridized carbons (Fsp3) is 0.389. The van der Waals surface area contributed by atoms with Crippen LogP contribution in [0, 0.1) is 0 Å². The maximum Gasteiger partial charge on any atom is 0.240 e. The van der Waals surface area contributed by atoms with Crippen LogP contribution in [-0.4, -0.2) is 24.6 Å². The quantitative estimate of drug-likeness (QED) is 0.826. The largest absolute Gasteiger partial charge is 0.492 e. The summed E-state index contributed by atoms with van der Waals surface area (Å²) < 4.78 is 5.70. The molecule has 0 saturated heterocycles. The Bertz CT molecular complexity index is 669. The summed E-state index contributed by atoms with van der Waals surface area (Å²) >= 11 is 0. The lowest BCUT2D eigenvalue weighted by Gasteiger charge is -2.22. The topological polar surface area (TPSA) is 64.4 Å². The molecular weight excluding hydrogens is 312 g/mol. The fourth-order valence-corrected chi connectivity index (χ4v) is 3.00. The van der Waals surface area contributed by atoms with E-state index in [0.717, 1.165) is 36.8 Å². The van der Waals surface area contributed by atoms with Crippen molar-refractivity contribution < 1.29 is 9.53 Å². The molecule has 1 amide bonds. The molecule has 1 aliphatic rings. The molecule has 1 aliphatic carbocycles. The van der Waals surface area contributed by atoms with Gasteiger partial charge in [0.2, 0.25) is 5.91 Å². The van der Waals surface area contributed by atoms with Crippen LogP contribution in [0.2, 0.25) is 0 Å². The molecule has 1 fully saturated rings. The molecule has 3 rings (SSSR count). The maximum atomic E-state index is 12.1. The zero-order chi connectivity index (χ0) is 15.4. The number of halogens is 1. The van der Waals surface area contributed by atoms with Gasteiger partial charge in [-0.3, -0.25) is 4.79 Å². The average molecular weight is 335 g/mol. The van der Waals surface area contributed by atoms with Crippen molar-refractivity contribution in [2.24, 2.45) is 5.73 Å². The Hall–Kier alpha value is -1.78. The Kier molecular flexibility index (Phi) is 5.85. The standard InChI is InChI=1S/C18H22N2O2.ClH/c19-18(9-3-4-10-18)17(21)20-11-12-22-16-8-7-14-5-1-2-6-15(14)13-16;/h1-2,5-8,13H,3-4,9-12,19H2,(H,20,21);1H. The molecule has 5 heteroatoms. The number of hydrogen-bond acceptors (Lipinski definition) is 3. The van der Waals surface area contributed by atoms with Gasteiger partial charge in [0.1, 0.15) is 12.4 Å². The molecule has 0 atom stereocenters. The Morgan fingerprint density at radius 1 is 1.13 bits per heavy atom. The van der Waals surface area contributed by atoms with E-state index in [2.05, 4.69) is 17.4 Å². The molecule has 0 aromatic heterocycles. The summed E-state index contributed by atoms with van der Waals surface area (Å²) in [5.41, 5.74) is 5.44. The van der Waals surface area contributed by atoms with Crippen LogP contribution >= 0.6 is 12.4 Å². The van der Waals surface area contributed by atoms with E-state index in [9.17, 15) is 4.79 Å². The zero-order valence-electron chi connectivity index (χ0n) is 13.1. The van der Waals surface area contributed by atoms with Gasteiger partial charge in [0, 0.05) is 0 Å². The second-order valence-electron chi connectivity index (χ2n) is 5.98. The predicted octanol–water partition coefficient (Wildman–Crippen LogP) is 3.03. The summed E-state index contributed by atoms with van der Waals surface area (Å²) in [6, 6.07) is 14.2. The van der Waals surface area contributed by atoms with Gasteiger partial charge in [-0.05, 0) is 35.7 Å². The lowest BCUT2D eigenvalue weighted by Crippen LogP contribution is -2.52. The molecule has 2 aromatic carbocycles. The SMILES string of the molecule is Cl.NC1(C(=O)NCCOc2ccc3ccccc3c2)CCCC1. The third kappa shape index (κ3) is 4.15. The van der Waals surface area contributed by atoms with Crippen LogP contribution in [0.15, 0.2) is 42.5 Å². The van der Waals surface area contributed by atoms with E-state index in [0.29, 0.717) is 13.2 Å². The predicted molar refractivity (Wildman–Crippen MR) is 95.1 cm³/mol. The van der Waals surface area contributed by atoms with Gasteiger partial charge < -0.3 is 15.8 Å². The molecule has 0 radical (unpaired) electrons.